The van der Waals surface area contributed by atoms with Crippen molar-refractivity contribution in [1.29, 1.82) is 0 Å². The molecule has 0 bridgehead atoms. The highest BCUT2D eigenvalue weighted by molar-refractivity contribution is 7.79. The summed E-state index contributed by atoms with van der Waals surface area (Å²) in [6.45, 7) is -0.588. The molecule has 2 aromatic heterocycles. The molecule has 2 atom stereocenters. The van der Waals surface area contributed by atoms with Crippen molar-refractivity contribution in [2.75, 3.05) is 24.4 Å². The second-order valence-electron chi connectivity index (χ2n) is 10.1. The molecule has 0 aliphatic rings. The fraction of sp³-hybridized carbons (Fsp3) is 0.194. The second-order valence-corrected chi connectivity index (χ2v) is 12.3. The maximum absolute atomic E-state index is 13.5. The van der Waals surface area contributed by atoms with Gasteiger partial charge in [-0.05, 0) is 72.6 Å². The SMILES string of the molecule is O=C(OCO[P+](=O)O)N(CCCS(=O)O)Cc1ccc(-c2ccc3ncnc(Nc4ccc(OCc5cccc(F)c5)c(Cl)c4)c3c2)o1. The molecule has 2 heterocycles. The van der Waals surface area contributed by atoms with Crippen molar-refractivity contribution < 1.29 is 45.8 Å². The van der Waals surface area contributed by atoms with E-state index in [0.717, 1.165) is 0 Å². The average molecular weight is 718 g/mol. The van der Waals surface area contributed by atoms with Gasteiger partial charge in [-0.25, -0.2) is 23.4 Å². The number of anilines is 2. The first kappa shape index (κ1) is 34.8. The number of nitrogens with one attached hydrogen (secondary N) is 1. The zero-order valence-corrected chi connectivity index (χ0v) is 27.4. The van der Waals surface area contributed by atoms with Crippen LogP contribution in [0.15, 0.2) is 83.5 Å². The van der Waals surface area contributed by atoms with Gasteiger partial charge in [0.05, 0.1) is 22.8 Å². The number of fused-ring (bicyclic) bond motifs is 1. The summed E-state index contributed by atoms with van der Waals surface area (Å²) < 4.78 is 65.5. The summed E-state index contributed by atoms with van der Waals surface area (Å²) in [4.78, 5) is 31.3. The third-order valence-corrected chi connectivity index (χ3v) is 8.02. The minimum absolute atomic E-state index is 0.0473. The number of rotatable bonds is 15. The molecular weight excluding hydrogens is 690 g/mol. The van der Waals surface area contributed by atoms with E-state index in [1.807, 2.05) is 12.1 Å². The summed E-state index contributed by atoms with van der Waals surface area (Å²) in [6, 6.07) is 20.1. The second kappa shape index (κ2) is 16.6. The van der Waals surface area contributed by atoms with Gasteiger partial charge in [0.15, 0.2) is 11.1 Å². The van der Waals surface area contributed by atoms with Crippen LogP contribution >= 0.6 is 19.9 Å². The fourth-order valence-electron chi connectivity index (χ4n) is 4.56. The van der Waals surface area contributed by atoms with Crippen molar-refractivity contribution in [2.24, 2.45) is 0 Å². The molecule has 13 nitrogen and oxygen atoms in total. The number of furan rings is 1. The van der Waals surface area contributed by atoms with Crippen molar-refractivity contribution in [1.82, 2.24) is 14.9 Å². The number of carbonyl (C=O) groups is 1. The van der Waals surface area contributed by atoms with E-state index in [4.69, 9.17) is 34.9 Å². The Morgan fingerprint density at radius 1 is 1.10 bits per heavy atom. The number of halogens is 2. The Morgan fingerprint density at radius 2 is 1.96 bits per heavy atom. The molecule has 17 heteroatoms. The van der Waals surface area contributed by atoms with Gasteiger partial charge in [0.2, 0.25) is 6.79 Å². The summed E-state index contributed by atoms with van der Waals surface area (Å²) in [7, 11) is -2.95. The van der Waals surface area contributed by atoms with Crippen LogP contribution in [0.1, 0.15) is 17.7 Å². The summed E-state index contributed by atoms with van der Waals surface area (Å²) in [5.74, 6) is 1.38. The molecule has 2 unspecified atom stereocenters. The Hall–Kier alpha value is -4.50. The van der Waals surface area contributed by atoms with Crippen LogP contribution in [0.3, 0.4) is 0 Å². The molecule has 0 aliphatic carbocycles. The van der Waals surface area contributed by atoms with Crippen LogP contribution < -0.4 is 10.1 Å². The van der Waals surface area contributed by atoms with E-state index in [1.165, 1.54) is 23.4 Å². The molecule has 1 amide bonds. The van der Waals surface area contributed by atoms with Gasteiger partial charge in [-0.15, -0.1) is 4.89 Å². The maximum atomic E-state index is 13.5. The summed E-state index contributed by atoms with van der Waals surface area (Å²) in [6.07, 6.45) is 0.757. The van der Waals surface area contributed by atoms with Crippen LogP contribution in [-0.2, 0) is 38.1 Å². The standard InChI is InChI=1S/C31H27ClFN4O9PS/c32-26-15-23(6-9-29(26)43-17-20-3-1-4-22(33)13-20)36-30-25-14-21(5-8-27(25)34-18-35-30)28-10-7-24(46-28)16-37(11-2-12-48(41)42)31(38)44-19-45-47(39)40/h1,3-10,13-15,18H,2,11-12,16-17,19H2,(H2-,34,35,36,39,40,41,42)/p+1. The Morgan fingerprint density at radius 3 is 2.73 bits per heavy atom. The van der Waals surface area contributed by atoms with E-state index in [-0.39, 0.29) is 37.7 Å². The fourth-order valence-corrected chi connectivity index (χ4v) is 5.32. The van der Waals surface area contributed by atoms with Gasteiger partial charge in [-0.3, -0.25) is 0 Å². The van der Waals surface area contributed by atoms with Crippen LogP contribution in [0, 0.1) is 5.82 Å². The van der Waals surface area contributed by atoms with Crippen LogP contribution in [0.4, 0.5) is 20.7 Å². The van der Waals surface area contributed by atoms with Gasteiger partial charge in [0, 0.05) is 27.7 Å². The van der Waals surface area contributed by atoms with Gasteiger partial charge in [-0.1, -0.05) is 28.3 Å². The quantitative estimate of drug-likeness (QED) is 0.0566. The lowest BCUT2D eigenvalue weighted by Crippen LogP contribution is -2.33. The van der Waals surface area contributed by atoms with Gasteiger partial charge >= 0.3 is 14.3 Å². The van der Waals surface area contributed by atoms with Crippen LogP contribution in [-0.4, -0.2) is 53.7 Å². The van der Waals surface area contributed by atoms with Gasteiger partial charge in [-0.2, -0.15) is 0 Å². The smallest absolute Gasteiger partial charge is 0.487 e. The largest absolute Gasteiger partial charge is 0.698 e. The van der Waals surface area contributed by atoms with Crippen LogP contribution in [0.25, 0.3) is 22.2 Å². The van der Waals surface area contributed by atoms with Gasteiger partial charge < -0.3 is 28.7 Å². The predicted octanol–water partition coefficient (Wildman–Crippen LogP) is 7.18. The third kappa shape index (κ3) is 9.76. The number of carbonyl (C=O) groups excluding carboxylic acids is 1. The summed E-state index contributed by atoms with van der Waals surface area (Å²) >= 11 is 4.44. The highest BCUT2D eigenvalue weighted by atomic mass is 35.5. The van der Waals surface area contributed by atoms with Crippen molar-refractivity contribution >= 4 is 59.4 Å². The number of ether oxygens (including phenoxy) is 2. The summed E-state index contributed by atoms with van der Waals surface area (Å²) in [5, 5.41) is 4.28. The van der Waals surface area contributed by atoms with Crippen molar-refractivity contribution in [3.8, 4) is 17.1 Å². The van der Waals surface area contributed by atoms with Crippen molar-refractivity contribution in [3.05, 3.63) is 101 Å². The number of hydrogen-bond acceptors (Lipinski definition) is 10. The number of nitrogens with zero attached hydrogens (tertiary/aromatic N) is 3. The Balaban J connectivity index is 1.30. The first-order valence-electron chi connectivity index (χ1n) is 14.2. The highest BCUT2D eigenvalue weighted by Crippen LogP contribution is 2.33. The van der Waals surface area contributed by atoms with E-state index in [0.29, 0.717) is 55.8 Å². The number of benzene rings is 3. The topological polar surface area (TPSA) is 174 Å². The number of aromatic nitrogens is 2. The minimum Gasteiger partial charge on any atom is -0.487 e. The zero-order valence-electron chi connectivity index (χ0n) is 25.0. The third-order valence-electron chi connectivity index (χ3n) is 6.76. The number of hydrogen-bond donors (Lipinski definition) is 3. The molecule has 0 radical (unpaired) electrons. The van der Waals surface area contributed by atoms with Crippen molar-refractivity contribution in [2.45, 2.75) is 19.6 Å². The average Bonchev–Trinajstić information content (AvgIpc) is 3.52. The zero-order chi connectivity index (χ0) is 34.0. The van der Waals surface area contributed by atoms with E-state index in [9.17, 15) is 18.0 Å². The minimum atomic E-state index is -2.95. The lowest BCUT2D eigenvalue weighted by Gasteiger charge is -2.20. The van der Waals surface area contributed by atoms with E-state index in [1.54, 1.807) is 48.5 Å². The van der Waals surface area contributed by atoms with E-state index in [2.05, 4.69) is 19.8 Å². The molecule has 0 fully saturated rings. The van der Waals surface area contributed by atoms with Gasteiger partial charge in [0.25, 0.3) is 0 Å². The lowest BCUT2D eigenvalue weighted by atomic mass is 10.1. The molecule has 0 saturated heterocycles. The molecule has 5 rings (SSSR count). The van der Waals surface area contributed by atoms with E-state index < -0.39 is 32.2 Å². The molecular formula is C31H28ClFN4O9PS+. The van der Waals surface area contributed by atoms with E-state index >= 15 is 0 Å². The molecule has 48 heavy (non-hydrogen) atoms. The first-order chi connectivity index (χ1) is 23.1. The first-order valence-corrected chi connectivity index (χ1v) is 17.0. The Kier molecular flexibility index (Phi) is 12.0. The maximum Gasteiger partial charge on any atom is 0.698 e. The van der Waals surface area contributed by atoms with Crippen LogP contribution in [0.2, 0.25) is 5.02 Å². The molecule has 0 saturated carbocycles. The molecule has 5 aromatic rings. The monoisotopic (exact) mass is 717 g/mol. The van der Waals surface area contributed by atoms with Crippen LogP contribution in [0.5, 0.6) is 5.75 Å². The predicted molar refractivity (Wildman–Crippen MR) is 176 cm³/mol. The van der Waals surface area contributed by atoms with Gasteiger partial charge in [0.1, 0.15) is 41.8 Å². The lowest BCUT2D eigenvalue weighted by molar-refractivity contribution is 0.0312. The normalized spacial score (nSPS) is 12.0. The molecule has 0 spiro atoms. The Labute approximate surface area is 281 Å². The number of amides is 1. The molecule has 3 N–H and O–H groups in total. The Bertz CT molecular complexity index is 1950. The van der Waals surface area contributed by atoms with Crippen molar-refractivity contribution in [3.63, 3.8) is 0 Å². The molecule has 250 valence electrons. The molecule has 0 aliphatic heterocycles. The summed E-state index contributed by atoms with van der Waals surface area (Å²) in [5.41, 5.74) is 2.65. The molecule has 3 aromatic carbocycles. The highest BCUT2D eigenvalue weighted by Gasteiger charge is 2.21.